The minimum Gasteiger partial charge on any atom is -0.391 e. The van der Waals surface area contributed by atoms with E-state index in [0.717, 1.165) is 0 Å². The molecule has 1 saturated heterocycles. The maximum absolute atomic E-state index is 14.7. The third kappa shape index (κ3) is 2.59. The van der Waals surface area contributed by atoms with Gasteiger partial charge in [-0.3, -0.25) is 4.57 Å². The second kappa shape index (κ2) is 6.53. The van der Waals surface area contributed by atoms with Crippen LogP contribution in [-0.4, -0.2) is 74.6 Å². The first kappa shape index (κ1) is 16.9. The molecule has 1 fully saturated rings. The Hall–Kier alpha value is -1.92. The lowest BCUT2D eigenvalue weighted by molar-refractivity contribution is -0.280. The van der Waals surface area contributed by atoms with E-state index in [1.165, 1.54) is 17.2 Å². The van der Waals surface area contributed by atoms with Gasteiger partial charge >= 0.3 is 0 Å². The molecule has 0 amide bonds. The molecule has 2 aromatic rings. The molecule has 1 aliphatic rings. The summed E-state index contributed by atoms with van der Waals surface area (Å²) in [4.78, 5) is 11.9. The number of aliphatic hydroxyl groups is 2. The van der Waals surface area contributed by atoms with Crippen molar-refractivity contribution in [3.8, 4) is 0 Å². The van der Waals surface area contributed by atoms with Crippen LogP contribution in [0.5, 0.6) is 0 Å². The zero-order valence-electron chi connectivity index (χ0n) is 13.0. The van der Waals surface area contributed by atoms with Crippen LogP contribution in [0.4, 0.5) is 10.2 Å². The minimum absolute atomic E-state index is 0.118. The van der Waals surface area contributed by atoms with Gasteiger partial charge in [0.15, 0.2) is 23.9 Å². The monoisotopic (exact) mass is 342 g/mol. The molecule has 0 radical (unpaired) electrons. The largest absolute Gasteiger partial charge is 0.391 e. The minimum atomic E-state index is -1.86. The van der Waals surface area contributed by atoms with Gasteiger partial charge in [0.05, 0.1) is 12.9 Å². The van der Waals surface area contributed by atoms with Crippen molar-refractivity contribution in [3.05, 3.63) is 12.7 Å². The smallest absolute Gasteiger partial charge is 0.223 e. The first-order chi connectivity index (χ1) is 11.5. The number of aliphatic hydroxyl groups excluding tert-OH is 2. The number of fused-ring (bicyclic) bond motifs is 1. The maximum Gasteiger partial charge on any atom is 0.223 e. The SMILES string of the molecule is CNCCO[C@]1(CO)O[C@@H](n2cnc3c(N)ncnc32)[C@@H](F)[C@@H]1O. The highest BCUT2D eigenvalue weighted by Gasteiger charge is 2.57. The van der Waals surface area contributed by atoms with Gasteiger partial charge in [0, 0.05) is 6.54 Å². The summed E-state index contributed by atoms with van der Waals surface area (Å²) in [6, 6.07) is 0. The average molecular weight is 342 g/mol. The summed E-state index contributed by atoms with van der Waals surface area (Å²) in [6.07, 6.45) is -2.31. The van der Waals surface area contributed by atoms with Gasteiger partial charge in [-0.25, -0.2) is 19.3 Å². The molecular weight excluding hydrogens is 323 g/mol. The molecule has 11 heteroatoms. The number of aromatic nitrogens is 4. The molecule has 0 spiro atoms. The third-order valence-corrected chi connectivity index (χ3v) is 3.92. The summed E-state index contributed by atoms with van der Waals surface area (Å²) in [5, 5.41) is 22.7. The van der Waals surface area contributed by atoms with E-state index in [1.807, 2.05) is 0 Å². The number of ether oxygens (including phenoxy) is 2. The zero-order chi connectivity index (χ0) is 17.3. The van der Waals surface area contributed by atoms with Crippen molar-refractivity contribution in [1.29, 1.82) is 0 Å². The van der Waals surface area contributed by atoms with Gasteiger partial charge in [0.2, 0.25) is 5.79 Å². The molecule has 10 nitrogen and oxygen atoms in total. The van der Waals surface area contributed by atoms with Crippen LogP contribution in [0.15, 0.2) is 12.7 Å². The Bertz CT molecular complexity index is 715. The van der Waals surface area contributed by atoms with Crippen LogP contribution in [0.3, 0.4) is 0 Å². The molecule has 5 N–H and O–H groups in total. The van der Waals surface area contributed by atoms with Crippen molar-refractivity contribution in [2.24, 2.45) is 0 Å². The van der Waals surface area contributed by atoms with Crippen LogP contribution in [0, 0.1) is 0 Å². The lowest BCUT2D eigenvalue weighted by Crippen LogP contribution is -2.48. The predicted molar refractivity (Wildman–Crippen MR) is 80.5 cm³/mol. The van der Waals surface area contributed by atoms with Crippen LogP contribution >= 0.6 is 0 Å². The topological polar surface area (TPSA) is 141 Å². The number of anilines is 1. The molecule has 0 saturated carbocycles. The number of nitrogen functional groups attached to an aromatic ring is 1. The number of halogens is 1. The van der Waals surface area contributed by atoms with Crippen LogP contribution in [0.2, 0.25) is 0 Å². The molecule has 1 aliphatic heterocycles. The normalized spacial score (nSPS) is 30.2. The van der Waals surface area contributed by atoms with E-state index in [9.17, 15) is 14.6 Å². The van der Waals surface area contributed by atoms with E-state index < -0.39 is 30.9 Å². The maximum atomic E-state index is 14.7. The second-order valence-electron chi connectivity index (χ2n) is 5.40. The first-order valence-electron chi connectivity index (χ1n) is 7.36. The molecule has 0 unspecified atom stereocenters. The number of imidazole rings is 1. The summed E-state index contributed by atoms with van der Waals surface area (Å²) in [5.41, 5.74) is 6.26. The van der Waals surface area contributed by atoms with E-state index in [-0.39, 0.29) is 18.1 Å². The third-order valence-electron chi connectivity index (χ3n) is 3.92. The fraction of sp³-hybridized carbons (Fsp3) is 0.615. The van der Waals surface area contributed by atoms with Gasteiger partial charge in [0.1, 0.15) is 24.6 Å². The fourth-order valence-electron chi connectivity index (χ4n) is 2.63. The van der Waals surface area contributed by atoms with Crippen LogP contribution in [-0.2, 0) is 9.47 Å². The summed E-state index contributed by atoms with van der Waals surface area (Å²) in [7, 11) is 1.71. The molecule has 132 valence electrons. The Kier molecular flexibility index (Phi) is 4.60. The van der Waals surface area contributed by atoms with E-state index in [2.05, 4.69) is 20.3 Å². The summed E-state index contributed by atoms with van der Waals surface area (Å²) in [6.45, 7) is -0.150. The van der Waals surface area contributed by atoms with Crippen molar-refractivity contribution in [2.75, 3.05) is 32.5 Å². The van der Waals surface area contributed by atoms with Crippen LogP contribution < -0.4 is 11.1 Å². The molecule has 0 aromatic carbocycles. The highest BCUT2D eigenvalue weighted by atomic mass is 19.1. The highest BCUT2D eigenvalue weighted by molar-refractivity contribution is 5.81. The van der Waals surface area contributed by atoms with Crippen molar-refractivity contribution in [3.63, 3.8) is 0 Å². The molecule has 3 rings (SSSR count). The Morgan fingerprint density at radius 2 is 2.29 bits per heavy atom. The number of rotatable bonds is 6. The van der Waals surface area contributed by atoms with Crippen molar-refractivity contribution in [2.45, 2.75) is 24.3 Å². The predicted octanol–water partition coefficient (Wildman–Crippen LogP) is -1.44. The molecule has 4 atom stereocenters. The van der Waals surface area contributed by atoms with Crippen molar-refractivity contribution >= 4 is 17.0 Å². The Morgan fingerprint density at radius 1 is 1.50 bits per heavy atom. The van der Waals surface area contributed by atoms with E-state index in [0.29, 0.717) is 12.1 Å². The standard InChI is InChI=1S/C13H19FN6O4/c1-16-2-3-23-13(4-21)9(22)7(14)12(24-13)20-6-19-8-10(15)17-5-18-11(8)20/h5-7,9,12,16,21-22H,2-4H2,1H3,(H2,15,17,18)/t7-,9-,12+,13+/m0/s1. The first-order valence-corrected chi connectivity index (χ1v) is 7.36. The van der Waals surface area contributed by atoms with Gasteiger partial charge in [-0.15, -0.1) is 0 Å². The van der Waals surface area contributed by atoms with Gasteiger partial charge < -0.3 is 30.7 Å². The molecule has 2 aromatic heterocycles. The lowest BCUT2D eigenvalue weighted by Gasteiger charge is -2.29. The Morgan fingerprint density at radius 3 is 3.00 bits per heavy atom. The van der Waals surface area contributed by atoms with E-state index in [4.69, 9.17) is 15.2 Å². The van der Waals surface area contributed by atoms with Crippen LogP contribution in [0.1, 0.15) is 6.23 Å². The lowest BCUT2D eigenvalue weighted by atomic mass is 10.1. The highest BCUT2D eigenvalue weighted by Crippen LogP contribution is 2.40. The summed E-state index contributed by atoms with van der Waals surface area (Å²) in [5.74, 6) is -1.72. The van der Waals surface area contributed by atoms with Gasteiger partial charge in [-0.1, -0.05) is 0 Å². The summed E-state index contributed by atoms with van der Waals surface area (Å²) < 4.78 is 26.9. The van der Waals surface area contributed by atoms with E-state index >= 15 is 0 Å². The quantitative estimate of drug-likeness (QED) is 0.464. The number of hydrogen-bond acceptors (Lipinski definition) is 9. The molecule has 24 heavy (non-hydrogen) atoms. The summed E-state index contributed by atoms with van der Waals surface area (Å²) >= 11 is 0. The number of nitrogens with two attached hydrogens (primary N) is 1. The number of nitrogens with zero attached hydrogens (tertiary/aromatic N) is 4. The number of likely N-dealkylation sites (N-methyl/N-ethyl adjacent to an activating group) is 1. The van der Waals surface area contributed by atoms with Crippen molar-refractivity contribution < 1.29 is 24.1 Å². The molecular formula is C13H19FN6O4. The number of alkyl halides is 1. The average Bonchev–Trinajstić information content (AvgIpc) is 3.11. The van der Waals surface area contributed by atoms with Crippen molar-refractivity contribution in [1.82, 2.24) is 24.8 Å². The molecule has 0 aliphatic carbocycles. The fourth-order valence-corrected chi connectivity index (χ4v) is 2.63. The van der Waals surface area contributed by atoms with Gasteiger partial charge in [0.25, 0.3) is 0 Å². The second-order valence-corrected chi connectivity index (χ2v) is 5.40. The molecule has 3 heterocycles. The van der Waals surface area contributed by atoms with Gasteiger partial charge in [-0.05, 0) is 7.05 Å². The number of nitrogens with one attached hydrogen (secondary N) is 1. The zero-order valence-corrected chi connectivity index (χ0v) is 13.0. The van der Waals surface area contributed by atoms with Crippen LogP contribution in [0.25, 0.3) is 11.2 Å². The Balaban J connectivity index is 1.92. The van der Waals surface area contributed by atoms with E-state index in [1.54, 1.807) is 7.05 Å². The van der Waals surface area contributed by atoms with Gasteiger partial charge in [-0.2, -0.15) is 0 Å². The Labute approximate surface area is 136 Å². The molecule has 0 bridgehead atoms. The number of hydrogen-bond donors (Lipinski definition) is 4.